The maximum absolute atomic E-state index is 12.8. The van der Waals surface area contributed by atoms with E-state index in [2.05, 4.69) is 20.9 Å². The van der Waals surface area contributed by atoms with Crippen molar-refractivity contribution < 1.29 is 14.4 Å². The van der Waals surface area contributed by atoms with Crippen molar-refractivity contribution in [1.82, 2.24) is 10.3 Å². The highest BCUT2D eigenvalue weighted by Gasteiger charge is 2.25. The van der Waals surface area contributed by atoms with Gasteiger partial charge in [-0.25, -0.2) is 4.98 Å². The molecule has 0 spiro atoms. The highest BCUT2D eigenvalue weighted by atomic mass is 35.5. The first kappa shape index (κ1) is 22.5. The van der Waals surface area contributed by atoms with Crippen LogP contribution in [-0.4, -0.2) is 28.7 Å². The highest BCUT2D eigenvalue weighted by molar-refractivity contribution is 7.13. The van der Waals surface area contributed by atoms with E-state index in [4.69, 9.17) is 11.6 Å². The minimum Gasteiger partial charge on any atom is -0.340 e. The third kappa shape index (κ3) is 6.13. The molecule has 9 heteroatoms. The molecule has 3 N–H and O–H groups in total. The van der Waals surface area contributed by atoms with Crippen molar-refractivity contribution in [2.75, 3.05) is 10.6 Å². The molecule has 1 atom stereocenters. The quantitative estimate of drug-likeness (QED) is 0.489. The molecule has 3 rings (SSSR count). The summed E-state index contributed by atoms with van der Waals surface area (Å²) in [6.07, 6.45) is 1.61. The first-order valence-corrected chi connectivity index (χ1v) is 10.8. The number of carbonyl (C=O) groups is 3. The molecule has 0 bridgehead atoms. The largest absolute Gasteiger partial charge is 0.340 e. The Bertz CT molecular complexity index is 1050. The molecule has 0 radical (unpaired) electrons. The maximum Gasteiger partial charge on any atom is 0.257 e. The van der Waals surface area contributed by atoms with Gasteiger partial charge in [0, 0.05) is 33.4 Å². The SMILES string of the molecule is CC(C)C(NC(=O)c1ccc(Cl)cc1)C(=O)Nc1ccc(C(=O)Nc2nccs2)cc1. The van der Waals surface area contributed by atoms with Gasteiger partial charge in [-0.2, -0.15) is 0 Å². The van der Waals surface area contributed by atoms with Gasteiger partial charge in [-0.3, -0.25) is 19.7 Å². The average molecular weight is 457 g/mol. The van der Waals surface area contributed by atoms with Crippen molar-refractivity contribution in [2.24, 2.45) is 5.92 Å². The number of rotatable bonds is 7. The van der Waals surface area contributed by atoms with E-state index >= 15 is 0 Å². The maximum atomic E-state index is 12.8. The van der Waals surface area contributed by atoms with E-state index in [0.29, 0.717) is 27.0 Å². The van der Waals surface area contributed by atoms with E-state index in [1.54, 1.807) is 60.1 Å². The number of anilines is 2. The van der Waals surface area contributed by atoms with Crippen LogP contribution in [0.5, 0.6) is 0 Å². The van der Waals surface area contributed by atoms with E-state index in [0.717, 1.165) is 0 Å². The van der Waals surface area contributed by atoms with Crippen molar-refractivity contribution >= 4 is 51.5 Å². The summed E-state index contributed by atoms with van der Waals surface area (Å²) in [5.74, 6) is -1.14. The number of amides is 3. The number of halogens is 1. The van der Waals surface area contributed by atoms with Crippen LogP contribution in [0.25, 0.3) is 0 Å². The topological polar surface area (TPSA) is 100 Å². The predicted molar refractivity (Wildman–Crippen MR) is 123 cm³/mol. The first-order valence-electron chi connectivity index (χ1n) is 9.51. The molecule has 3 amide bonds. The van der Waals surface area contributed by atoms with E-state index < -0.39 is 6.04 Å². The first-order chi connectivity index (χ1) is 14.8. The summed E-state index contributed by atoms with van der Waals surface area (Å²) in [5.41, 5.74) is 1.37. The van der Waals surface area contributed by atoms with Crippen molar-refractivity contribution in [2.45, 2.75) is 19.9 Å². The fourth-order valence-corrected chi connectivity index (χ4v) is 3.39. The van der Waals surface area contributed by atoms with Crippen molar-refractivity contribution in [1.29, 1.82) is 0 Å². The van der Waals surface area contributed by atoms with Crippen LogP contribution < -0.4 is 16.0 Å². The van der Waals surface area contributed by atoms with E-state index in [1.807, 2.05) is 13.8 Å². The van der Waals surface area contributed by atoms with Gasteiger partial charge in [-0.15, -0.1) is 11.3 Å². The second kappa shape index (κ2) is 10.2. The molecule has 3 aromatic rings. The predicted octanol–water partition coefficient (Wildman–Crippen LogP) is 4.44. The molecule has 1 heterocycles. The Labute approximate surface area is 188 Å². The molecule has 0 aliphatic rings. The second-order valence-corrected chi connectivity index (χ2v) is 8.39. The summed E-state index contributed by atoms with van der Waals surface area (Å²) in [6, 6.07) is 12.2. The summed E-state index contributed by atoms with van der Waals surface area (Å²) in [5, 5.41) is 11.1. The standard InChI is InChI=1S/C22H21ClN4O3S/c1-13(2)18(26-19(28)14-3-7-16(23)8-4-14)21(30)25-17-9-5-15(6-10-17)20(29)27-22-24-11-12-31-22/h3-13,18H,1-2H3,(H,25,30)(H,26,28)(H,24,27,29). The Morgan fingerprint density at radius 1 is 0.903 bits per heavy atom. The number of hydrogen-bond donors (Lipinski definition) is 3. The lowest BCUT2D eigenvalue weighted by Gasteiger charge is -2.22. The molecule has 0 aliphatic carbocycles. The van der Waals surface area contributed by atoms with Gasteiger partial charge < -0.3 is 10.6 Å². The van der Waals surface area contributed by atoms with Crippen LogP contribution in [0.15, 0.2) is 60.1 Å². The molecular weight excluding hydrogens is 436 g/mol. The number of nitrogens with one attached hydrogen (secondary N) is 3. The molecule has 1 aromatic heterocycles. The summed E-state index contributed by atoms with van der Waals surface area (Å²) in [6.45, 7) is 3.69. The van der Waals surface area contributed by atoms with Crippen LogP contribution in [0.4, 0.5) is 10.8 Å². The van der Waals surface area contributed by atoms with E-state index in [-0.39, 0.29) is 23.6 Å². The second-order valence-electron chi connectivity index (χ2n) is 7.06. The van der Waals surface area contributed by atoms with E-state index in [1.165, 1.54) is 11.3 Å². The smallest absolute Gasteiger partial charge is 0.257 e. The third-order valence-corrected chi connectivity index (χ3v) is 5.35. The molecule has 2 aromatic carbocycles. The summed E-state index contributed by atoms with van der Waals surface area (Å²) in [4.78, 5) is 41.5. The Hall–Kier alpha value is -3.23. The zero-order chi connectivity index (χ0) is 22.4. The molecule has 160 valence electrons. The van der Waals surface area contributed by atoms with Gasteiger partial charge in [0.05, 0.1) is 0 Å². The Kier molecular flexibility index (Phi) is 7.38. The van der Waals surface area contributed by atoms with Crippen molar-refractivity contribution in [3.63, 3.8) is 0 Å². The fraction of sp³-hybridized carbons (Fsp3) is 0.182. The van der Waals surface area contributed by atoms with Crippen LogP contribution >= 0.6 is 22.9 Å². The monoisotopic (exact) mass is 456 g/mol. The zero-order valence-corrected chi connectivity index (χ0v) is 18.5. The van der Waals surface area contributed by atoms with Gasteiger partial charge in [0.2, 0.25) is 5.91 Å². The summed E-state index contributed by atoms with van der Waals surface area (Å²) >= 11 is 7.18. The van der Waals surface area contributed by atoms with Crippen molar-refractivity contribution in [3.05, 3.63) is 76.3 Å². The molecule has 0 saturated carbocycles. The number of thiazole rings is 1. The van der Waals surface area contributed by atoms with Gasteiger partial charge >= 0.3 is 0 Å². The van der Waals surface area contributed by atoms with Gasteiger partial charge in [0.1, 0.15) is 6.04 Å². The molecular formula is C22H21ClN4O3S. The Balaban J connectivity index is 1.62. The molecule has 0 fully saturated rings. The third-order valence-electron chi connectivity index (χ3n) is 4.41. The normalized spacial score (nSPS) is 11.6. The highest BCUT2D eigenvalue weighted by Crippen LogP contribution is 2.16. The number of aromatic nitrogens is 1. The van der Waals surface area contributed by atoms with Crippen LogP contribution in [0.3, 0.4) is 0 Å². The molecule has 1 unspecified atom stereocenters. The zero-order valence-electron chi connectivity index (χ0n) is 16.9. The fourth-order valence-electron chi connectivity index (χ4n) is 2.74. The van der Waals surface area contributed by atoms with Gasteiger partial charge in [0.25, 0.3) is 11.8 Å². The van der Waals surface area contributed by atoms with Crippen LogP contribution in [0, 0.1) is 5.92 Å². The van der Waals surface area contributed by atoms with E-state index in [9.17, 15) is 14.4 Å². The van der Waals surface area contributed by atoms with Crippen LogP contribution in [0.2, 0.25) is 5.02 Å². The minimum atomic E-state index is -0.740. The van der Waals surface area contributed by atoms with Gasteiger partial charge in [-0.05, 0) is 54.4 Å². The van der Waals surface area contributed by atoms with Gasteiger partial charge in [0.15, 0.2) is 5.13 Å². The minimum absolute atomic E-state index is 0.139. The number of nitrogens with zero attached hydrogens (tertiary/aromatic N) is 1. The summed E-state index contributed by atoms with van der Waals surface area (Å²) < 4.78 is 0. The number of benzene rings is 2. The lowest BCUT2D eigenvalue weighted by atomic mass is 10.0. The number of carbonyl (C=O) groups excluding carboxylic acids is 3. The summed E-state index contributed by atoms with van der Waals surface area (Å²) in [7, 11) is 0. The van der Waals surface area contributed by atoms with Crippen LogP contribution in [0.1, 0.15) is 34.6 Å². The molecule has 0 saturated heterocycles. The average Bonchev–Trinajstić information content (AvgIpc) is 3.25. The lowest BCUT2D eigenvalue weighted by molar-refractivity contribution is -0.118. The lowest BCUT2D eigenvalue weighted by Crippen LogP contribution is -2.47. The van der Waals surface area contributed by atoms with Crippen molar-refractivity contribution in [3.8, 4) is 0 Å². The number of hydrogen-bond acceptors (Lipinski definition) is 5. The molecule has 7 nitrogen and oxygen atoms in total. The van der Waals surface area contributed by atoms with Gasteiger partial charge in [-0.1, -0.05) is 25.4 Å². The Morgan fingerprint density at radius 2 is 1.52 bits per heavy atom. The molecule has 0 aliphatic heterocycles. The Morgan fingerprint density at radius 3 is 2.10 bits per heavy atom. The van der Waals surface area contributed by atoms with Crippen LogP contribution in [-0.2, 0) is 4.79 Å². The molecule has 31 heavy (non-hydrogen) atoms.